The van der Waals surface area contributed by atoms with Gasteiger partial charge in [0.2, 0.25) is 5.91 Å². The highest BCUT2D eigenvalue weighted by Crippen LogP contribution is 2.32. The van der Waals surface area contributed by atoms with E-state index in [0.29, 0.717) is 22.2 Å². The monoisotopic (exact) mass is 401 g/mol. The van der Waals surface area contributed by atoms with Crippen molar-refractivity contribution in [2.45, 2.75) is 38.6 Å². The number of hydrogen-bond acceptors (Lipinski definition) is 4. The molecule has 3 rings (SSSR count). The van der Waals surface area contributed by atoms with Crippen LogP contribution in [0.25, 0.3) is 0 Å². The van der Waals surface area contributed by atoms with E-state index in [9.17, 15) is 9.59 Å². The zero-order chi connectivity index (χ0) is 19.9. The molecule has 0 heterocycles. The summed E-state index contributed by atoms with van der Waals surface area (Å²) < 4.78 is 5.92. The van der Waals surface area contributed by atoms with Crippen molar-refractivity contribution in [3.8, 4) is 11.5 Å². The normalized spacial score (nSPS) is 13.8. The van der Waals surface area contributed by atoms with Crippen molar-refractivity contribution in [2.75, 3.05) is 11.9 Å². The number of amides is 3. The quantitative estimate of drug-likeness (QED) is 0.659. The molecule has 28 heavy (non-hydrogen) atoms. The minimum absolute atomic E-state index is 0.0807. The van der Waals surface area contributed by atoms with Gasteiger partial charge in [0, 0.05) is 11.1 Å². The van der Waals surface area contributed by atoms with Gasteiger partial charge in [-0.2, -0.15) is 0 Å². The maximum Gasteiger partial charge on any atom is 0.321 e. The number of imide groups is 1. The minimum atomic E-state index is -0.457. The molecule has 7 heteroatoms. The number of urea groups is 1. The molecule has 0 saturated heterocycles. The Balaban J connectivity index is 1.57. The van der Waals surface area contributed by atoms with Gasteiger partial charge in [0.15, 0.2) is 5.75 Å². The van der Waals surface area contributed by atoms with Gasteiger partial charge in [-0.1, -0.05) is 36.6 Å². The number of aryl methyl sites for hydroxylation is 1. The summed E-state index contributed by atoms with van der Waals surface area (Å²) in [6, 6.07) is 12.5. The second kappa shape index (κ2) is 9.46. The summed E-state index contributed by atoms with van der Waals surface area (Å²) >= 11 is 6.08. The summed E-state index contributed by atoms with van der Waals surface area (Å²) in [4.78, 5) is 24.0. The molecular formula is C21H24ClN3O3. The lowest BCUT2D eigenvalue weighted by Gasteiger charge is -2.15. The van der Waals surface area contributed by atoms with Crippen LogP contribution in [0.2, 0.25) is 5.02 Å². The van der Waals surface area contributed by atoms with E-state index in [-0.39, 0.29) is 12.6 Å². The SMILES string of the molecule is Cc1cccc(Oc2ccc(Cl)cc2NCC(=O)NC(=O)NC2CCCC2)c1. The van der Waals surface area contributed by atoms with Crippen LogP contribution >= 0.6 is 11.6 Å². The van der Waals surface area contributed by atoms with Crippen molar-refractivity contribution in [1.29, 1.82) is 0 Å². The molecule has 3 N–H and O–H groups in total. The van der Waals surface area contributed by atoms with Crippen LogP contribution in [-0.4, -0.2) is 24.5 Å². The molecule has 0 atom stereocenters. The Morgan fingerprint density at radius 1 is 1.14 bits per heavy atom. The highest BCUT2D eigenvalue weighted by molar-refractivity contribution is 6.31. The van der Waals surface area contributed by atoms with Crippen LogP contribution in [0.15, 0.2) is 42.5 Å². The summed E-state index contributed by atoms with van der Waals surface area (Å²) in [7, 11) is 0. The van der Waals surface area contributed by atoms with Crippen molar-refractivity contribution in [3.05, 3.63) is 53.1 Å². The molecule has 1 aliphatic rings. The summed E-state index contributed by atoms with van der Waals surface area (Å²) in [6.07, 6.45) is 4.14. The largest absolute Gasteiger partial charge is 0.455 e. The van der Waals surface area contributed by atoms with Crippen molar-refractivity contribution < 1.29 is 14.3 Å². The van der Waals surface area contributed by atoms with E-state index in [1.807, 2.05) is 31.2 Å². The number of halogens is 1. The van der Waals surface area contributed by atoms with Gasteiger partial charge in [-0.05, 0) is 55.7 Å². The molecule has 0 bridgehead atoms. The summed E-state index contributed by atoms with van der Waals surface area (Å²) in [5.74, 6) is 0.793. The summed E-state index contributed by atoms with van der Waals surface area (Å²) in [5.41, 5.74) is 1.65. The van der Waals surface area contributed by atoms with Crippen molar-refractivity contribution in [3.63, 3.8) is 0 Å². The third-order valence-corrected chi connectivity index (χ3v) is 4.78. The number of benzene rings is 2. The predicted octanol–water partition coefficient (Wildman–Crippen LogP) is 4.62. The molecule has 3 amide bonds. The molecule has 1 saturated carbocycles. The lowest BCUT2D eigenvalue weighted by atomic mass is 10.2. The first kappa shape index (κ1) is 20.0. The van der Waals surface area contributed by atoms with Gasteiger partial charge in [-0.3, -0.25) is 10.1 Å². The second-order valence-electron chi connectivity index (χ2n) is 6.92. The van der Waals surface area contributed by atoms with Crippen LogP contribution < -0.4 is 20.7 Å². The lowest BCUT2D eigenvalue weighted by molar-refractivity contribution is -0.118. The zero-order valence-corrected chi connectivity index (χ0v) is 16.5. The Labute approximate surface area is 169 Å². The molecule has 0 radical (unpaired) electrons. The smallest absolute Gasteiger partial charge is 0.321 e. The van der Waals surface area contributed by atoms with E-state index in [4.69, 9.17) is 16.3 Å². The number of carbonyl (C=O) groups is 2. The fourth-order valence-electron chi connectivity index (χ4n) is 3.17. The molecule has 1 fully saturated rings. The van der Waals surface area contributed by atoms with Crippen LogP contribution in [0.4, 0.5) is 10.5 Å². The first-order chi connectivity index (χ1) is 13.5. The summed E-state index contributed by atoms with van der Waals surface area (Å²) in [6.45, 7) is 1.90. The molecule has 0 aliphatic heterocycles. The number of carbonyl (C=O) groups excluding carboxylic acids is 2. The van der Waals surface area contributed by atoms with Crippen LogP contribution in [-0.2, 0) is 4.79 Å². The topological polar surface area (TPSA) is 79.5 Å². The van der Waals surface area contributed by atoms with Gasteiger partial charge < -0.3 is 15.4 Å². The average molecular weight is 402 g/mol. The standard InChI is InChI=1S/C21H24ClN3O3/c1-14-5-4-8-17(11-14)28-19-10-9-15(22)12-18(19)23-13-20(26)25-21(27)24-16-6-2-3-7-16/h4-5,8-12,16,23H,2-3,6-7,13H2,1H3,(H2,24,25,26,27). The van der Waals surface area contributed by atoms with E-state index >= 15 is 0 Å². The molecule has 148 valence electrons. The molecule has 2 aromatic carbocycles. The molecule has 1 aliphatic carbocycles. The van der Waals surface area contributed by atoms with E-state index in [0.717, 1.165) is 31.2 Å². The van der Waals surface area contributed by atoms with E-state index in [1.165, 1.54) is 0 Å². The Hall–Kier alpha value is -2.73. The number of anilines is 1. The minimum Gasteiger partial charge on any atom is -0.455 e. The second-order valence-corrected chi connectivity index (χ2v) is 7.35. The third-order valence-electron chi connectivity index (χ3n) is 4.54. The fourth-order valence-corrected chi connectivity index (χ4v) is 3.35. The first-order valence-electron chi connectivity index (χ1n) is 9.38. The average Bonchev–Trinajstić information content (AvgIpc) is 3.14. The molecule has 6 nitrogen and oxygen atoms in total. The van der Waals surface area contributed by atoms with Gasteiger partial charge in [0.1, 0.15) is 5.75 Å². The van der Waals surface area contributed by atoms with Crippen LogP contribution in [0, 0.1) is 6.92 Å². The Morgan fingerprint density at radius 2 is 1.93 bits per heavy atom. The highest BCUT2D eigenvalue weighted by atomic mass is 35.5. The van der Waals surface area contributed by atoms with Gasteiger partial charge in [-0.15, -0.1) is 0 Å². The summed E-state index contributed by atoms with van der Waals surface area (Å²) in [5, 5.41) is 8.66. The van der Waals surface area contributed by atoms with Crippen LogP contribution in [0.5, 0.6) is 11.5 Å². The number of nitrogens with one attached hydrogen (secondary N) is 3. The van der Waals surface area contributed by atoms with Gasteiger partial charge in [0.25, 0.3) is 0 Å². The molecule has 0 aromatic heterocycles. The predicted molar refractivity (Wildman–Crippen MR) is 110 cm³/mol. The van der Waals surface area contributed by atoms with Crippen molar-refractivity contribution in [2.24, 2.45) is 0 Å². The van der Waals surface area contributed by atoms with E-state index < -0.39 is 11.9 Å². The number of ether oxygens (including phenoxy) is 1. The maximum atomic E-state index is 12.1. The molecule has 0 spiro atoms. The zero-order valence-electron chi connectivity index (χ0n) is 15.8. The third kappa shape index (κ3) is 5.89. The Bertz CT molecular complexity index is 851. The van der Waals surface area contributed by atoms with Gasteiger partial charge >= 0.3 is 6.03 Å². The van der Waals surface area contributed by atoms with Gasteiger partial charge in [0.05, 0.1) is 12.2 Å². The maximum absolute atomic E-state index is 12.1. The molecular weight excluding hydrogens is 378 g/mol. The van der Waals surface area contributed by atoms with Gasteiger partial charge in [-0.25, -0.2) is 4.79 Å². The Kier molecular flexibility index (Phi) is 6.76. The lowest BCUT2D eigenvalue weighted by Crippen LogP contribution is -2.45. The van der Waals surface area contributed by atoms with Crippen LogP contribution in [0.3, 0.4) is 0 Å². The fraction of sp³-hybridized carbons (Fsp3) is 0.333. The number of rotatable bonds is 6. The van der Waals surface area contributed by atoms with Crippen molar-refractivity contribution in [1.82, 2.24) is 10.6 Å². The van der Waals surface area contributed by atoms with Crippen LogP contribution in [0.1, 0.15) is 31.2 Å². The Morgan fingerprint density at radius 3 is 2.68 bits per heavy atom. The molecule has 2 aromatic rings. The van der Waals surface area contributed by atoms with E-state index in [1.54, 1.807) is 18.2 Å². The number of hydrogen-bond donors (Lipinski definition) is 3. The first-order valence-corrected chi connectivity index (χ1v) is 9.76. The highest BCUT2D eigenvalue weighted by Gasteiger charge is 2.18. The van der Waals surface area contributed by atoms with Crippen molar-refractivity contribution >= 4 is 29.2 Å². The molecule has 0 unspecified atom stereocenters. The van der Waals surface area contributed by atoms with E-state index in [2.05, 4.69) is 16.0 Å².